The highest BCUT2D eigenvalue weighted by molar-refractivity contribution is 5.82. The number of benzene rings is 8. The average Bonchev–Trinajstić information content (AvgIpc) is 3.68. The first-order valence-electron chi connectivity index (χ1n) is 22.3. The van der Waals surface area contributed by atoms with Gasteiger partial charge in [-0.3, -0.25) is 4.99 Å². The van der Waals surface area contributed by atoms with Gasteiger partial charge in [0.25, 0.3) is 0 Å². The molecule has 0 fully saturated rings. The van der Waals surface area contributed by atoms with Crippen LogP contribution in [-0.4, -0.2) is 6.72 Å². The predicted octanol–water partition coefficient (Wildman–Crippen LogP) is 17.1. The molecule has 8 aromatic rings. The molecule has 0 amide bonds. The molecule has 0 unspecified atom stereocenters. The van der Waals surface area contributed by atoms with Gasteiger partial charge in [0, 0.05) is 5.56 Å². The number of nitrogens with zero attached hydrogens (tertiary/aromatic N) is 1. The molecule has 0 atom stereocenters. The molecule has 0 bridgehead atoms. The number of terminal acetylenes is 1. The molecule has 0 aliphatic heterocycles. The van der Waals surface area contributed by atoms with Crippen molar-refractivity contribution in [2.75, 3.05) is 0 Å². The lowest BCUT2D eigenvalue weighted by molar-refractivity contribution is 1.14. The molecule has 65 heavy (non-hydrogen) atoms. The van der Waals surface area contributed by atoms with Crippen LogP contribution in [0.4, 0.5) is 0 Å². The Bertz CT molecular complexity index is 2930. The number of hydrogen-bond donors (Lipinski definition) is 0. The monoisotopic (exact) mass is 837 g/mol. The molecule has 1 aliphatic rings. The van der Waals surface area contributed by atoms with E-state index in [1.807, 2.05) is 6.07 Å². The summed E-state index contributed by atoms with van der Waals surface area (Å²) in [6.07, 6.45) is 20.3. The van der Waals surface area contributed by atoms with Crippen LogP contribution in [0, 0.1) is 12.3 Å². The van der Waals surface area contributed by atoms with Gasteiger partial charge in [-0.1, -0.05) is 225 Å². The summed E-state index contributed by atoms with van der Waals surface area (Å²) in [5, 5.41) is 0. The third-order valence-corrected chi connectivity index (χ3v) is 11.3. The summed E-state index contributed by atoms with van der Waals surface area (Å²) in [7, 11) is 0. The summed E-state index contributed by atoms with van der Waals surface area (Å²) in [6, 6.07) is 73.7. The van der Waals surface area contributed by atoms with Gasteiger partial charge in [-0.05, 0) is 135 Å². The van der Waals surface area contributed by atoms with Crippen LogP contribution in [0.25, 0.3) is 66.9 Å². The van der Waals surface area contributed by atoms with Crippen molar-refractivity contribution < 1.29 is 0 Å². The van der Waals surface area contributed by atoms with Gasteiger partial charge < -0.3 is 0 Å². The zero-order valence-electron chi connectivity index (χ0n) is 37.4. The van der Waals surface area contributed by atoms with E-state index in [-0.39, 0.29) is 0 Å². The van der Waals surface area contributed by atoms with Gasteiger partial charge in [0.1, 0.15) is 0 Å². The van der Waals surface area contributed by atoms with Crippen molar-refractivity contribution in [3.05, 3.63) is 265 Å². The number of allylic oxidation sites excluding steroid dienone is 7. The first-order chi connectivity index (χ1) is 32.0. The van der Waals surface area contributed by atoms with Crippen molar-refractivity contribution in [1.82, 2.24) is 0 Å². The largest absolute Gasteiger partial charge is 0.264 e. The Kier molecular flexibility index (Phi) is 16.2. The first-order valence-corrected chi connectivity index (χ1v) is 22.3. The van der Waals surface area contributed by atoms with E-state index >= 15 is 0 Å². The van der Waals surface area contributed by atoms with Crippen molar-refractivity contribution in [3.8, 4) is 68.0 Å². The SMILES string of the molecule is C#CC.C=N/C(=C\Cc1cc(-c2ccccc2)cc(-c2ccc(-c3ccccc3)cc2)c1)c1cc(-c2ccccc2)cc(-c2ccc(C3=CC=CC=CC3)cc2)c1.CCc1ccccc1. The highest BCUT2D eigenvalue weighted by Gasteiger charge is 2.11. The quantitative estimate of drug-likeness (QED) is 0.0909. The standard InChI is InChI=1S/C53H41N.C8H10.C3H4/c1-54-53(52-37-50(43-21-13-6-14-22-43)36-51(38-52)47-30-26-45(27-31-47)40-15-7-2-3-8-16-40)32-23-39-33-48(42-19-11-5-12-20-42)35-49(34-39)46-28-24-44(25-29-46)41-17-9-4-10-18-41;1-2-8-6-4-3-5-7-8;1-3-2/h2-15,17-22,24-38H,1,16,23H2;3-7H,2H2,1H3;1H,2H3/b53-32-;;. The van der Waals surface area contributed by atoms with Crippen LogP contribution in [-0.2, 0) is 12.8 Å². The minimum atomic E-state index is 0.710. The predicted molar refractivity (Wildman–Crippen MR) is 282 cm³/mol. The molecule has 0 N–H and O–H groups in total. The molecule has 1 aliphatic carbocycles. The van der Waals surface area contributed by atoms with Crippen molar-refractivity contribution in [2.45, 2.75) is 33.1 Å². The van der Waals surface area contributed by atoms with Crippen LogP contribution in [0.3, 0.4) is 0 Å². The van der Waals surface area contributed by atoms with Crippen LogP contribution in [0.1, 0.15) is 42.5 Å². The zero-order chi connectivity index (χ0) is 45.1. The minimum absolute atomic E-state index is 0.710. The molecule has 1 nitrogen and oxygen atoms in total. The van der Waals surface area contributed by atoms with E-state index in [0.29, 0.717) is 6.42 Å². The third kappa shape index (κ3) is 12.5. The molecule has 8 aromatic carbocycles. The van der Waals surface area contributed by atoms with Crippen LogP contribution in [0.5, 0.6) is 0 Å². The van der Waals surface area contributed by atoms with E-state index in [2.05, 4.69) is 268 Å². The van der Waals surface area contributed by atoms with Crippen LogP contribution in [0.15, 0.2) is 248 Å². The average molecular weight is 838 g/mol. The Labute approximate surface area is 387 Å². The maximum Gasteiger partial charge on any atom is 0.0658 e. The Hall–Kier alpha value is -8.05. The summed E-state index contributed by atoms with van der Waals surface area (Å²) in [6.45, 7) is 7.87. The second-order valence-electron chi connectivity index (χ2n) is 15.8. The fourth-order valence-electron chi connectivity index (χ4n) is 7.87. The van der Waals surface area contributed by atoms with Crippen LogP contribution >= 0.6 is 0 Å². The van der Waals surface area contributed by atoms with E-state index in [1.165, 1.54) is 66.8 Å². The van der Waals surface area contributed by atoms with Crippen molar-refractivity contribution >= 4 is 18.0 Å². The fourth-order valence-corrected chi connectivity index (χ4v) is 7.87. The molecule has 316 valence electrons. The van der Waals surface area contributed by atoms with Gasteiger partial charge in [-0.2, -0.15) is 0 Å². The number of rotatable bonds is 11. The normalized spacial score (nSPS) is 11.7. The molecule has 0 saturated heterocycles. The van der Waals surface area contributed by atoms with E-state index in [1.54, 1.807) is 6.92 Å². The smallest absolute Gasteiger partial charge is 0.0658 e. The Morgan fingerprint density at radius 3 is 1.34 bits per heavy atom. The lowest BCUT2D eigenvalue weighted by Gasteiger charge is -2.13. The minimum Gasteiger partial charge on any atom is -0.264 e. The van der Waals surface area contributed by atoms with Crippen LogP contribution in [0.2, 0.25) is 0 Å². The van der Waals surface area contributed by atoms with Gasteiger partial charge in [0.2, 0.25) is 0 Å². The van der Waals surface area contributed by atoms with Gasteiger partial charge in [-0.15, -0.1) is 12.3 Å². The topological polar surface area (TPSA) is 12.4 Å². The van der Waals surface area contributed by atoms with Gasteiger partial charge in [0.05, 0.1) is 5.70 Å². The van der Waals surface area contributed by atoms with Crippen molar-refractivity contribution in [1.29, 1.82) is 0 Å². The summed E-state index contributed by atoms with van der Waals surface area (Å²) < 4.78 is 0. The van der Waals surface area contributed by atoms with Crippen molar-refractivity contribution in [3.63, 3.8) is 0 Å². The van der Waals surface area contributed by atoms with Gasteiger partial charge in [0.15, 0.2) is 0 Å². The molecule has 0 radical (unpaired) electrons. The molecule has 0 heterocycles. The molecule has 0 aromatic heterocycles. The summed E-state index contributed by atoms with van der Waals surface area (Å²) in [4.78, 5) is 4.62. The van der Waals surface area contributed by atoms with Gasteiger partial charge >= 0.3 is 0 Å². The summed E-state index contributed by atoms with van der Waals surface area (Å²) in [5.74, 6) is 2.25. The fraction of sp³-hybridized carbons (Fsp3) is 0.0781. The Morgan fingerprint density at radius 1 is 0.492 bits per heavy atom. The summed E-state index contributed by atoms with van der Waals surface area (Å²) >= 11 is 0. The Morgan fingerprint density at radius 2 is 0.892 bits per heavy atom. The van der Waals surface area contributed by atoms with Gasteiger partial charge in [-0.25, -0.2) is 0 Å². The molecule has 1 heteroatoms. The number of aliphatic imine (C=N–C) groups is 1. The maximum atomic E-state index is 4.62. The lowest BCUT2D eigenvalue weighted by atomic mass is 9.92. The molecular formula is C64H55N. The summed E-state index contributed by atoms with van der Waals surface area (Å²) in [5.41, 5.74) is 18.9. The highest BCUT2D eigenvalue weighted by Crippen LogP contribution is 2.34. The zero-order valence-corrected chi connectivity index (χ0v) is 37.4. The van der Waals surface area contributed by atoms with E-state index in [9.17, 15) is 0 Å². The van der Waals surface area contributed by atoms with E-state index in [0.717, 1.165) is 35.2 Å². The first kappa shape index (κ1) is 45.0. The molecule has 9 rings (SSSR count). The van der Waals surface area contributed by atoms with Crippen LogP contribution < -0.4 is 0 Å². The third-order valence-electron chi connectivity index (χ3n) is 11.3. The van der Waals surface area contributed by atoms with Crippen molar-refractivity contribution in [2.24, 2.45) is 4.99 Å². The molecule has 0 spiro atoms. The Balaban J connectivity index is 0.000000507. The molecule has 0 saturated carbocycles. The van der Waals surface area contributed by atoms with E-state index < -0.39 is 0 Å². The number of hydrogen-bond acceptors (Lipinski definition) is 1. The maximum absolute atomic E-state index is 4.62. The lowest BCUT2D eigenvalue weighted by Crippen LogP contribution is -1.92. The molecular weight excluding hydrogens is 783 g/mol. The highest BCUT2D eigenvalue weighted by atomic mass is 14.7. The van der Waals surface area contributed by atoms with E-state index in [4.69, 9.17) is 0 Å². The second kappa shape index (κ2) is 23.4. The number of aryl methyl sites for hydroxylation is 1. The second-order valence-corrected chi connectivity index (χ2v) is 15.8.